The van der Waals surface area contributed by atoms with Crippen LogP contribution in [0, 0.1) is 6.92 Å². The molecular weight excluding hydrogens is 234 g/mol. The predicted octanol–water partition coefficient (Wildman–Crippen LogP) is 1.60. The molecule has 1 aromatic carbocycles. The summed E-state index contributed by atoms with van der Waals surface area (Å²) in [6, 6.07) is 8.72. The van der Waals surface area contributed by atoms with Crippen molar-refractivity contribution in [2.45, 2.75) is 31.8 Å². The van der Waals surface area contributed by atoms with Crippen LogP contribution >= 0.6 is 0 Å². The fraction of sp³-hybridized carbons (Fsp3) is 0.625. The minimum atomic E-state index is 0.165. The van der Waals surface area contributed by atoms with Gasteiger partial charge in [-0.25, -0.2) is 0 Å². The van der Waals surface area contributed by atoms with E-state index in [1.54, 1.807) is 0 Å². The predicted molar refractivity (Wildman–Crippen MR) is 79.0 cm³/mol. The van der Waals surface area contributed by atoms with Crippen LogP contribution in [0.5, 0.6) is 0 Å². The van der Waals surface area contributed by atoms with Crippen LogP contribution in [0.1, 0.15) is 24.0 Å². The molecule has 0 atom stereocenters. The van der Waals surface area contributed by atoms with Gasteiger partial charge in [-0.15, -0.1) is 0 Å². The number of rotatable bonds is 4. The van der Waals surface area contributed by atoms with Crippen LogP contribution in [0.15, 0.2) is 24.3 Å². The third kappa shape index (κ3) is 3.35. The third-order valence-electron chi connectivity index (χ3n) is 4.55. The molecule has 0 unspecified atom stereocenters. The number of benzene rings is 1. The Hall–Kier alpha value is -0.900. The van der Waals surface area contributed by atoms with Crippen LogP contribution in [-0.4, -0.2) is 48.1 Å². The second kappa shape index (κ2) is 5.23. The molecule has 2 fully saturated rings. The van der Waals surface area contributed by atoms with E-state index in [1.165, 1.54) is 50.1 Å². The maximum atomic E-state index is 6.20. The smallest absolute Gasteiger partial charge is 0.0284 e. The molecule has 1 saturated carbocycles. The molecule has 3 rings (SSSR count). The van der Waals surface area contributed by atoms with Gasteiger partial charge in [0.15, 0.2) is 0 Å². The minimum absolute atomic E-state index is 0.165. The second-order valence-electron chi connectivity index (χ2n) is 6.34. The molecule has 0 amide bonds. The van der Waals surface area contributed by atoms with Gasteiger partial charge in [0.2, 0.25) is 0 Å². The zero-order valence-corrected chi connectivity index (χ0v) is 11.9. The molecule has 3 heteroatoms. The number of nitrogens with zero attached hydrogens (tertiary/aromatic N) is 2. The van der Waals surface area contributed by atoms with Gasteiger partial charge in [-0.05, 0) is 30.9 Å². The molecule has 0 radical (unpaired) electrons. The van der Waals surface area contributed by atoms with Gasteiger partial charge in [0.25, 0.3) is 0 Å². The number of piperazine rings is 1. The Morgan fingerprint density at radius 2 is 1.68 bits per heavy atom. The summed E-state index contributed by atoms with van der Waals surface area (Å²) in [4.78, 5) is 5.11. The fourth-order valence-electron chi connectivity index (χ4n) is 2.90. The lowest BCUT2D eigenvalue weighted by atomic mass is 10.1. The van der Waals surface area contributed by atoms with E-state index in [2.05, 4.69) is 41.0 Å². The maximum absolute atomic E-state index is 6.20. The lowest BCUT2D eigenvalue weighted by Crippen LogP contribution is -2.50. The number of aryl methyl sites for hydroxylation is 1. The van der Waals surface area contributed by atoms with E-state index in [-0.39, 0.29) is 5.54 Å². The molecule has 1 heterocycles. The van der Waals surface area contributed by atoms with Crippen LogP contribution in [0.2, 0.25) is 0 Å². The number of hydrogen-bond acceptors (Lipinski definition) is 3. The van der Waals surface area contributed by atoms with Crippen molar-refractivity contribution in [2.24, 2.45) is 5.73 Å². The average Bonchev–Trinajstić information content (AvgIpc) is 3.12. The van der Waals surface area contributed by atoms with E-state index in [9.17, 15) is 0 Å². The summed E-state index contributed by atoms with van der Waals surface area (Å²) < 4.78 is 0. The maximum Gasteiger partial charge on any atom is 0.0284 e. The normalized spacial score (nSPS) is 23.5. The number of hydrogen-bond donors (Lipinski definition) is 1. The molecule has 2 N–H and O–H groups in total. The van der Waals surface area contributed by atoms with Crippen molar-refractivity contribution in [1.82, 2.24) is 9.80 Å². The highest BCUT2D eigenvalue weighted by molar-refractivity contribution is 5.25. The molecule has 0 spiro atoms. The van der Waals surface area contributed by atoms with Crippen molar-refractivity contribution in [1.29, 1.82) is 0 Å². The highest BCUT2D eigenvalue weighted by Crippen LogP contribution is 2.33. The molecule has 1 aromatic rings. The quantitative estimate of drug-likeness (QED) is 0.891. The van der Waals surface area contributed by atoms with Crippen molar-refractivity contribution in [3.63, 3.8) is 0 Å². The van der Waals surface area contributed by atoms with Gasteiger partial charge < -0.3 is 5.73 Å². The Morgan fingerprint density at radius 1 is 1.05 bits per heavy atom. The monoisotopic (exact) mass is 259 g/mol. The molecule has 1 aliphatic heterocycles. The van der Waals surface area contributed by atoms with Crippen LogP contribution in [-0.2, 0) is 6.54 Å². The lowest BCUT2D eigenvalue weighted by Gasteiger charge is -2.36. The van der Waals surface area contributed by atoms with Gasteiger partial charge >= 0.3 is 0 Å². The molecule has 2 aliphatic rings. The van der Waals surface area contributed by atoms with Gasteiger partial charge in [-0.3, -0.25) is 9.80 Å². The van der Waals surface area contributed by atoms with E-state index in [4.69, 9.17) is 5.73 Å². The summed E-state index contributed by atoms with van der Waals surface area (Å²) in [5.74, 6) is 0. The third-order valence-corrected chi connectivity index (χ3v) is 4.55. The highest BCUT2D eigenvalue weighted by atomic mass is 15.3. The van der Waals surface area contributed by atoms with Crippen LogP contribution in [0.25, 0.3) is 0 Å². The van der Waals surface area contributed by atoms with E-state index in [1.807, 2.05) is 0 Å². The first-order valence-corrected chi connectivity index (χ1v) is 7.43. The highest BCUT2D eigenvalue weighted by Gasteiger charge is 2.40. The molecule has 104 valence electrons. The first-order valence-electron chi connectivity index (χ1n) is 7.43. The fourth-order valence-corrected chi connectivity index (χ4v) is 2.90. The van der Waals surface area contributed by atoms with Crippen molar-refractivity contribution in [3.05, 3.63) is 35.4 Å². The van der Waals surface area contributed by atoms with Gasteiger partial charge in [0, 0.05) is 44.8 Å². The summed E-state index contributed by atoms with van der Waals surface area (Å²) in [7, 11) is 0. The Labute approximate surface area is 116 Å². The topological polar surface area (TPSA) is 32.5 Å². The lowest BCUT2D eigenvalue weighted by molar-refractivity contribution is 0.119. The van der Waals surface area contributed by atoms with E-state index >= 15 is 0 Å². The summed E-state index contributed by atoms with van der Waals surface area (Å²) in [6.07, 6.45) is 2.44. The van der Waals surface area contributed by atoms with Crippen molar-refractivity contribution in [2.75, 3.05) is 32.7 Å². The molecule has 3 nitrogen and oxygen atoms in total. The number of nitrogens with two attached hydrogens (primary N) is 1. The Balaban J connectivity index is 1.49. The van der Waals surface area contributed by atoms with Gasteiger partial charge in [0.1, 0.15) is 0 Å². The van der Waals surface area contributed by atoms with Crippen LogP contribution in [0.4, 0.5) is 0 Å². The SMILES string of the molecule is Cc1ccccc1CN1CCN(CC2(N)CC2)CC1. The van der Waals surface area contributed by atoms with Crippen LogP contribution < -0.4 is 5.73 Å². The molecule has 1 aliphatic carbocycles. The molecule has 1 saturated heterocycles. The minimum Gasteiger partial charge on any atom is -0.324 e. The average molecular weight is 259 g/mol. The Kier molecular flexibility index (Phi) is 3.61. The zero-order chi connectivity index (χ0) is 13.3. The second-order valence-corrected chi connectivity index (χ2v) is 6.34. The zero-order valence-electron chi connectivity index (χ0n) is 11.9. The van der Waals surface area contributed by atoms with Crippen molar-refractivity contribution >= 4 is 0 Å². The first kappa shape index (κ1) is 13.1. The summed E-state index contributed by atoms with van der Waals surface area (Å²) >= 11 is 0. The van der Waals surface area contributed by atoms with Gasteiger partial charge in [-0.2, -0.15) is 0 Å². The Morgan fingerprint density at radius 3 is 2.32 bits per heavy atom. The van der Waals surface area contributed by atoms with Crippen molar-refractivity contribution < 1.29 is 0 Å². The molecule has 0 bridgehead atoms. The standard InChI is InChI=1S/C16H25N3/c1-14-4-2-3-5-15(14)12-18-8-10-19(11-9-18)13-16(17)6-7-16/h2-5H,6-13,17H2,1H3. The van der Waals surface area contributed by atoms with Crippen molar-refractivity contribution in [3.8, 4) is 0 Å². The van der Waals surface area contributed by atoms with Crippen LogP contribution in [0.3, 0.4) is 0 Å². The van der Waals surface area contributed by atoms with Gasteiger partial charge in [-0.1, -0.05) is 24.3 Å². The van der Waals surface area contributed by atoms with E-state index < -0.39 is 0 Å². The Bertz CT molecular complexity index is 431. The summed E-state index contributed by atoms with van der Waals surface area (Å²) in [6.45, 7) is 9.08. The molecule has 19 heavy (non-hydrogen) atoms. The summed E-state index contributed by atoms with van der Waals surface area (Å²) in [5, 5.41) is 0. The molecule has 0 aromatic heterocycles. The van der Waals surface area contributed by atoms with E-state index in [0.717, 1.165) is 13.1 Å². The first-order chi connectivity index (χ1) is 9.15. The summed E-state index contributed by atoms with van der Waals surface area (Å²) in [5.41, 5.74) is 9.24. The van der Waals surface area contributed by atoms with Gasteiger partial charge in [0.05, 0.1) is 0 Å². The van der Waals surface area contributed by atoms with E-state index in [0.29, 0.717) is 0 Å². The largest absolute Gasteiger partial charge is 0.324 e. The molecular formula is C16H25N3.